The number of hydrazine groups is 1. The second-order valence-electron chi connectivity index (χ2n) is 12.3. The highest BCUT2D eigenvalue weighted by molar-refractivity contribution is 9.10. The molecule has 4 rings (SSSR count). The fraction of sp³-hybridized carbons (Fsp3) is 0.625. The second kappa shape index (κ2) is 15.8. The third-order valence-corrected chi connectivity index (χ3v) is 9.23. The quantitative estimate of drug-likeness (QED) is 0.309. The van der Waals surface area contributed by atoms with Crippen molar-refractivity contribution < 1.29 is 4.79 Å². The van der Waals surface area contributed by atoms with Crippen molar-refractivity contribution in [1.29, 1.82) is 5.26 Å². The molecule has 42 heavy (non-hydrogen) atoms. The van der Waals surface area contributed by atoms with Gasteiger partial charge < -0.3 is 14.7 Å². The first-order valence-corrected chi connectivity index (χ1v) is 16.3. The molecule has 2 aromatic rings. The highest BCUT2D eigenvalue weighted by Crippen LogP contribution is 2.33. The Morgan fingerprint density at radius 1 is 1.14 bits per heavy atom. The van der Waals surface area contributed by atoms with E-state index in [9.17, 15) is 10.1 Å². The molecule has 1 aromatic carbocycles. The van der Waals surface area contributed by atoms with E-state index in [0.29, 0.717) is 21.8 Å². The van der Waals surface area contributed by atoms with Crippen molar-refractivity contribution in [2.24, 2.45) is 11.8 Å². The minimum absolute atomic E-state index is 0.0756. The predicted molar refractivity (Wildman–Crippen MR) is 171 cm³/mol. The number of halogens is 1. The first-order valence-electron chi connectivity index (χ1n) is 15.5. The maximum Gasteiger partial charge on any atom is 0.269 e. The molecule has 1 amide bonds. The second-order valence-corrected chi connectivity index (χ2v) is 13.2. The average molecular weight is 640 g/mol. The third-order valence-electron chi connectivity index (χ3n) is 8.67. The molecule has 1 aromatic heterocycles. The van der Waals surface area contributed by atoms with Gasteiger partial charge in [0.05, 0.1) is 10.5 Å². The Labute approximate surface area is 260 Å². The first kappa shape index (κ1) is 32.3. The van der Waals surface area contributed by atoms with Crippen LogP contribution in [0.2, 0.25) is 0 Å². The fourth-order valence-corrected chi connectivity index (χ4v) is 6.55. The summed E-state index contributed by atoms with van der Waals surface area (Å²) in [6, 6.07) is 9.99. The molecule has 0 bridgehead atoms. The molecule has 2 heterocycles. The van der Waals surface area contributed by atoms with Crippen LogP contribution in [0.25, 0.3) is 0 Å². The van der Waals surface area contributed by atoms with Gasteiger partial charge in [-0.1, -0.05) is 26.0 Å². The van der Waals surface area contributed by atoms with Crippen LogP contribution in [0.15, 0.2) is 34.9 Å². The molecule has 9 nitrogen and oxygen atoms in total. The van der Waals surface area contributed by atoms with Gasteiger partial charge in [-0.3, -0.25) is 15.2 Å². The molecule has 2 unspecified atom stereocenters. The Balaban J connectivity index is 1.33. The number of aromatic nitrogens is 2. The Kier molecular flexibility index (Phi) is 12.1. The van der Waals surface area contributed by atoms with Crippen LogP contribution in [-0.2, 0) is 6.54 Å². The minimum atomic E-state index is -0.192. The molecule has 2 atom stereocenters. The van der Waals surface area contributed by atoms with E-state index >= 15 is 0 Å². The number of benzene rings is 1. The van der Waals surface area contributed by atoms with Gasteiger partial charge in [-0.2, -0.15) is 10.2 Å². The number of likely N-dealkylation sites (N-methyl/N-ethyl adjacent to an activating group) is 1. The van der Waals surface area contributed by atoms with Crippen molar-refractivity contribution in [2.75, 3.05) is 58.4 Å². The van der Waals surface area contributed by atoms with Gasteiger partial charge >= 0.3 is 0 Å². The topological polar surface area (TPSA) is 91.6 Å². The number of piperidine rings is 1. The molecule has 1 aliphatic heterocycles. The average Bonchev–Trinajstić information content (AvgIpc) is 3.42. The zero-order chi connectivity index (χ0) is 30.1. The standard InChI is InChI=1S/C32H47BrN8O/c1-5-14-40(23-26-12-15-38(3)16-13-26)18-17-39(4)22-25-7-9-27(10-8-25)32(42)37-41(28-11-6-24(2)19-28)31-29(33)21-35-30(20-34)36-31/h7-10,21,24,26,28H,5-6,11-19,22-23H2,1-4H3,(H,37,42). The SMILES string of the molecule is CCCN(CCN(C)Cc1ccc(C(=O)NN(c2nc(C#N)ncc2Br)C2CCC(C)C2)cc1)CC1CCN(C)CC1. The smallest absolute Gasteiger partial charge is 0.269 e. The molecule has 1 saturated carbocycles. The van der Waals surface area contributed by atoms with Crippen LogP contribution < -0.4 is 10.4 Å². The number of carbonyl (C=O) groups is 1. The van der Waals surface area contributed by atoms with Gasteiger partial charge in [-0.15, -0.1) is 0 Å². The van der Waals surface area contributed by atoms with Crippen LogP contribution in [0.5, 0.6) is 0 Å². The number of nitriles is 1. The van der Waals surface area contributed by atoms with E-state index in [2.05, 4.69) is 74.0 Å². The summed E-state index contributed by atoms with van der Waals surface area (Å²) in [4.78, 5) is 29.3. The Bertz CT molecular complexity index is 1190. The fourth-order valence-electron chi connectivity index (χ4n) is 6.17. The Hall–Kier alpha value is -2.58. The highest BCUT2D eigenvalue weighted by atomic mass is 79.9. The number of carbonyl (C=O) groups excluding carboxylic acids is 1. The molecule has 10 heteroatoms. The molecular formula is C32H47BrN8O. The molecule has 1 aliphatic carbocycles. The van der Waals surface area contributed by atoms with Gasteiger partial charge in [-0.25, -0.2) is 4.98 Å². The lowest BCUT2D eigenvalue weighted by Crippen LogP contribution is -2.49. The highest BCUT2D eigenvalue weighted by Gasteiger charge is 2.31. The van der Waals surface area contributed by atoms with Crippen molar-refractivity contribution in [3.8, 4) is 6.07 Å². The third kappa shape index (κ3) is 9.21. The zero-order valence-corrected chi connectivity index (χ0v) is 27.3. The maximum absolute atomic E-state index is 13.4. The van der Waals surface area contributed by atoms with E-state index in [1.54, 1.807) is 6.20 Å². The molecular weight excluding hydrogens is 592 g/mol. The molecule has 0 radical (unpaired) electrons. The Morgan fingerprint density at radius 2 is 1.88 bits per heavy atom. The van der Waals surface area contributed by atoms with Crippen molar-refractivity contribution in [3.05, 3.63) is 51.9 Å². The van der Waals surface area contributed by atoms with Gasteiger partial charge in [0.2, 0.25) is 5.82 Å². The van der Waals surface area contributed by atoms with E-state index < -0.39 is 0 Å². The molecule has 228 valence electrons. The summed E-state index contributed by atoms with van der Waals surface area (Å²) in [6.07, 6.45) is 8.34. The summed E-state index contributed by atoms with van der Waals surface area (Å²) in [5.41, 5.74) is 4.87. The van der Waals surface area contributed by atoms with Crippen LogP contribution >= 0.6 is 15.9 Å². The minimum Gasteiger partial charge on any atom is -0.306 e. The number of rotatable bonds is 13. The zero-order valence-electron chi connectivity index (χ0n) is 25.7. The van der Waals surface area contributed by atoms with E-state index in [1.807, 2.05) is 35.3 Å². The summed E-state index contributed by atoms with van der Waals surface area (Å²) in [5, 5.41) is 11.2. The predicted octanol–water partition coefficient (Wildman–Crippen LogP) is 4.94. The van der Waals surface area contributed by atoms with Crippen molar-refractivity contribution in [1.82, 2.24) is 30.1 Å². The van der Waals surface area contributed by atoms with E-state index in [0.717, 1.165) is 51.4 Å². The van der Waals surface area contributed by atoms with Gasteiger partial charge in [0, 0.05) is 37.9 Å². The van der Waals surface area contributed by atoms with Crippen molar-refractivity contribution in [2.45, 2.75) is 65.0 Å². The normalized spacial score (nSPS) is 19.8. The number of anilines is 1. The lowest BCUT2D eigenvalue weighted by Gasteiger charge is -2.33. The first-order chi connectivity index (χ1) is 20.2. The summed E-state index contributed by atoms with van der Waals surface area (Å²) < 4.78 is 0.642. The van der Waals surface area contributed by atoms with Crippen molar-refractivity contribution in [3.63, 3.8) is 0 Å². The number of hydrogen-bond donors (Lipinski definition) is 1. The summed E-state index contributed by atoms with van der Waals surface area (Å²) in [5.74, 6) is 1.77. The lowest BCUT2D eigenvalue weighted by atomic mass is 9.96. The molecule has 1 saturated heterocycles. The van der Waals surface area contributed by atoms with Crippen LogP contribution in [0, 0.1) is 23.2 Å². The number of likely N-dealkylation sites (tertiary alicyclic amines) is 1. The maximum atomic E-state index is 13.4. The van der Waals surface area contributed by atoms with Crippen LogP contribution in [0.4, 0.5) is 5.82 Å². The summed E-state index contributed by atoms with van der Waals surface area (Å²) >= 11 is 3.52. The molecule has 0 spiro atoms. The van der Waals surface area contributed by atoms with Gasteiger partial charge in [0.25, 0.3) is 5.91 Å². The van der Waals surface area contributed by atoms with Crippen LogP contribution in [-0.4, -0.2) is 90.0 Å². The summed E-state index contributed by atoms with van der Waals surface area (Å²) in [6.45, 7) is 12.2. The van der Waals surface area contributed by atoms with Crippen molar-refractivity contribution >= 4 is 27.7 Å². The number of nitrogens with zero attached hydrogens (tertiary/aromatic N) is 7. The molecule has 2 aliphatic rings. The number of nitrogens with one attached hydrogen (secondary N) is 1. The molecule has 2 fully saturated rings. The number of hydrogen-bond acceptors (Lipinski definition) is 8. The van der Waals surface area contributed by atoms with E-state index in [-0.39, 0.29) is 17.8 Å². The number of amides is 1. The Morgan fingerprint density at radius 3 is 2.52 bits per heavy atom. The monoisotopic (exact) mass is 638 g/mol. The van der Waals surface area contributed by atoms with Gasteiger partial charge in [0.1, 0.15) is 6.07 Å². The van der Waals surface area contributed by atoms with Crippen LogP contribution in [0.1, 0.15) is 74.1 Å². The summed E-state index contributed by atoms with van der Waals surface area (Å²) in [7, 11) is 4.40. The van der Waals surface area contributed by atoms with Crippen LogP contribution in [0.3, 0.4) is 0 Å². The lowest BCUT2D eigenvalue weighted by molar-refractivity contribution is 0.0943. The largest absolute Gasteiger partial charge is 0.306 e. The molecule has 1 N–H and O–H groups in total. The van der Waals surface area contributed by atoms with E-state index in [4.69, 9.17) is 0 Å². The van der Waals surface area contributed by atoms with Gasteiger partial charge in [0.15, 0.2) is 5.82 Å². The van der Waals surface area contributed by atoms with E-state index in [1.165, 1.54) is 44.5 Å². The van der Waals surface area contributed by atoms with Gasteiger partial charge in [-0.05, 0) is 118 Å².